The maximum atomic E-state index is 11.9. The van der Waals surface area contributed by atoms with Gasteiger partial charge in [-0.3, -0.25) is 18.9 Å². The van der Waals surface area contributed by atoms with Crippen LogP contribution in [0.25, 0.3) is 11.2 Å². The number of phosphoric acid groups is 2. The fraction of sp³-hybridized carbons (Fsp3) is 0.545. The minimum Gasteiger partial charge on any atom is -0.387 e. The SMILES string of the molecule is COC(OP(=O)(O)OP(=O)(O)O)[C@H]1O[C@@H](n2cnc3c(=O)[nH]c(N)nc32)[C@H](O)[C@@H]1O. The van der Waals surface area contributed by atoms with Crippen LogP contribution in [-0.2, 0) is 27.4 Å². The van der Waals surface area contributed by atoms with Crippen molar-refractivity contribution in [2.75, 3.05) is 12.8 Å². The normalized spacial score (nSPS) is 27.9. The number of imidazole rings is 1. The summed E-state index contributed by atoms with van der Waals surface area (Å²) in [5.41, 5.74) is 4.58. The Hall–Kier alpha value is -1.75. The molecule has 0 bridgehead atoms. The number of rotatable bonds is 7. The predicted octanol–water partition coefficient (Wildman–Crippen LogP) is -2.48. The summed E-state index contributed by atoms with van der Waals surface area (Å²) in [6.45, 7) is 0. The Morgan fingerprint density at radius 3 is 2.57 bits per heavy atom. The second-order valence-corrected chi connectivity index (χ2v) is 8.78. The average molecular weight is 473 g/mol. The highest BCUT2D eigenvalue weighted by Crippen LogP contribution is 2.58. The van der Waals surface area contributed by atoms with Gasteiger partial charge < -0.3 is 40.1 Å². The number of nitrogens with one attached hydrogen (secondary N) is 1. The fourth-order valence-corrected chi connectivity index (χ4v) is 4.49. The molecule has 0 spiro atoms. The van der Waals surface area contributed by atoms with Crippen LogP contribution in [0.15, 0.2) is 11.1 Å². The van der Waals surface area contributed by atoms with Gasteiger partial charge in [0, 0.05) is 7.11 Å². The first-order valence-corrected chi connectivity index (χ1v) is 10.9. The smallest absolute Gasteiger partial charge is 0.387 e. The lowest BCUT2D eigenvalue weighted by Gasteiger charge is -2.25. The van der Waals surface area contributed by atoms with Crippen molar-refractivity contribution in [2.45, 2.75) is 30.8 Å². The number of anilines is 1. The molecule has 0 radical (unpaired) electrons. The minimum absolute atomic E-state index is 0.0966. The van der Waals surface area contributed by atoms with Crippen LogP contribution in [0.4, 0.5) is 5.95 Å². The van der Waals surface area contributed by atoms with Crippen molar-refractivity contribution in [1.29, 1.82) is 0 Å². The molecule has 2 aromatic heterocycles. The molecule has 1 fully saturated rings. The lowest BCUT2D eigenvalue weighted by molar-refractivity contribution is -0.175. The number of aliphatic hydroxyl groups is 2. The fourth-order valence-electron chi connectivity index (χ4n) is 2.79. The Kier molecular flexibility index (Phi) is 6.16. The molecule has 1 aliphatic rings. The summed E-state index contributed by atoms with van der Waals surface area (Å²) in [5.74, 6) is -0.257. The van der Waals surface area contributed by atoms with Gasteiger partial charge in [-0.25, -0.2) is 14.1 Å². The Bertz CT molecular complexity index is 1080. The number of methoxy groups -OCH3 is 1. The van der Waals surface area contributed by atoms with E-state index in [2.05, 4.69) is 23.8 Å². The van der Waals surface area contributed by atoms with Crippen molar-refractivity contribution in [3.63, 3.8) is 0 Å². The van der Waals surface area contributed by atoms with Crippen molar-refractivity contribution >= 4 is 32.8 Å². The molecule has 168 valence electrons. The zero-order valence-corrected chi connectivity index (χ0v) is 16.7. The summed E-state index contributed by atoms with van der Waals surface area (Å²) in [4.78, 5) is 48.6. The highest BCUT2D eigenvalue weighted by atomic mass is 31.3. The Labute approximate surface area is 165 Å². The first-order valence-electron chi connectivity index (χ1n) is 7.88. The molecule has 0 aromatic carbocycles. The van der Waals surface area contributed by atoms with Gasteiger partial charge in [-0.15, -0.1) is 0 Å². The van der Waals surface area contributed by atoms with Crippen LogP contribution in [0.1, 0.15) is 6.23 Å². The number of H-pyrrole nitrogens is 1. The number of hydrogen-bond donors (Lipinski definition) is 7. The number of nitrogens with two attached hydrogens (primary N) is 1. The van der Waals surface area contributed by atoms with Crippen LogP contribution >= 0.6 is 15.6 Å². The van der Waals surface area contributed by atoms with Crippen molar-refractivity contribution < 1.29 is 52.3 Å². The molecule has 6 atom stereocenters. The van der Waals surface area contributed by atoms with Gasteiger partial charge in [-0.2, -0.15) is 9.29 Å². The highest BCUT2D eigenvalue weighted by Gasteiger charge is 2.50. The molecule has 2 unspecified atom stereocenters. The van der Waals surface area contributed by atoms with Crippen LogP contribution in [0.3, 0.4) is 0 Å². The monoisotopic (exact) mass is 473 g/mol. The third kappa shape index (κ3) is 4.61. The van der Waals surface area contributed by atoms with Crippen LogP contribution in [-0.4, -0.2) is 76.1 Å². The van der Waals surface area contributed by atoms with E-state index in [0.717, 1.165) is 18.0 Å². The molecule has 0 amide bonds. The van der Waals surface area contributed by atoms with E-state index in [1.807, 2.05) is 0 Å². The maximum absolute atomic E-state index is 11.9. The van der Waals surface area contributed by atoms with Gasteiger partial charge in [0.1, 0.15) is 18.3 Å². The predicted molar refractivity (Wildman–Crippen MR) is 93.3 cm³/mol. The maximum Gasteiger partial charge on any atom is 0.483 e. The van der Waals surface area contributed by atoms with E-state index in [1.54, 1.807) is 0 Å². The number of aliphatic hydroxyl groups excluding tert-OH is 2. The van der Waals surface area contributed by atoms with Crippen LogP contribution in [0.2, 0.25) is 0 Å². The second-order valence-electron chi connectivity index (χ2n) is 6.00. The molecular formula is C11H17N5O12P2. The van der Waals surface area contributed by atoms with E-state index in [1.165, 1.54) is 0 Å². The van der Waals surface area contributed by atoms with Gasteiger partial charge in [-0.1, -0.05) is 0 Å². The lowest BCUT2D eigenvalue weighted by Crippen LogP contribution is -2.40. The number of nitrogen functional groups attached to an aromatic ring is 1. The molecule has 1 saturated heterocycles. The highest BCUT2D eigenvalue weighted by molar-refractivity contribution is 7.60. The molecular weight excluding hydrogens is 456 g/mol. The molecule has 19 heteroatoms. The Morgan fingerprint density at radius 2 is 1.97 bits per heavy atom. The molecule has 3 heterocycles. The second kappa shape index (κ2) is 8.07. The van der Waals surface area contributed by atoms with Gasteiger partial charge >= 0.3 is 15.6 Å². The largest absolute Gasteiger partial charge is 0.483 e. The van der Waals surface area contributed by atoms with E-state index in [0.29, 0.717) is 0 Å². The van der Waals surface area contributed by atoms with Crippen molar-refractivity contribution in [3.05, 3.63) is 16.7 Å². The molecule has 8 N–H and O–H groups in total. The van der Waals surface area contributed by atoms with Crippen molar-refractivity contribution in [2.24, 2.45) is 0 Å². The number of phosphoric ester groups is 1. The number of ether oxygens (including phenoxy) is 2. The van der Waals surface area contributed by atoms with Crippen LogP contribution < -0.4 is 11.3 Å². The summed E-state index contributed by atoms with van der Waals surface area (Å²) < 4.78 is 42.0. The lowest BCUT2D eigenvalue weighted by atomic mass is 10.1. The van der Waals surface area contributed by atoms with Gasteiger partial charge in [0.15, 0.2) is 23.7 Å². The molecule has 17 nitrogen and oxygen atoms in total. The first kappa shape index (κ1) is 22.9. The van der Waals surface area contributed by atoms with E-state index < -0.39 is 52.0 Å². The zero-order chi connectivity index (χ0) is 22.4. The van der Waals surface area contributed by atoms with Crippen LogP contribution in [0.5, 0.6) is 0 Å². The summed E-state index contributed by atoms with van der Waals surface area (Å²) in [6.07, 6.45) is -7.40. The average Bonchev–Trinajstić information content (AvgIpc) is 3.13. The number of nitrogens with zero attached hydrogens (tertiary/aromatic N) is 3. The van der Waals surface area contributed by atoms with Gasteiger partial charge in [0.05, 0.1) is 6.33 Å². The van der Waals surface area contributed by atoms with E-state index in [4.69, 9.17) is 25.0 Å². The summed E-state index contributed by atoms with van der Waals surface area (Å²) in [6, 6.07) is 0. The molecule has 1 aliphatic heterocycles. The van der Waals surface area contributed by atoms with Crippen molar-refractivity contribution in [1.82, 2.24) is 19.5 Å². The summed E-state index contributed by atoms with van der Waals surface area (Å²) in [5, 5.41) is 20.7. The van der Waals surface area contributed by atoms with Crippen LogP contribution in [0, 0.1) is 0 Å². The Morgan fingerprint density at radius 1 is 1.30 bits per heavy atom. The molecule has 30 heavy (non-hydrogen) atoms. The number of fused-ring (bicyclic) bond motifs is 1. The van der Waals surface area contributed by atoms with E-state index in [-0.39, 0.29) is 17.1 Å². The van der Waals surface area contributed by atoms with Gasteiger partial charge in [0.25, 0.3) is 5.56 Å². The Balaban J connectivity index is 1.88. The standard InChI is InChI=1S/C11H17N5O12P2/c1-25-10(27-30(23,24)28-29(20,21)22)6-4(17)5(18)9(26-6)16-2-13-3-7(16)14-11(12)15-8(3)19/h2,4-6,9-10,17-18H,1H3,(H,23,24)(H2,20,21,22)(H3,12,14,15,19)/t4-,5+,6-,9+,10?/m0/s1. The molecule has 0 saturated carbocycles. The van der Waals surface area contributed by atoms with Crippen molar-refractivity contribution in [3.8, 4) is 0 Å². The number of aromatic nitrogens is 4. The quantitative estimate of drug-likeness (QED) is 0.162. The number of hydrogen-bond acceptors (Lipinski definition) is 12. The zero-order valence-electron chi connectivity index (χ0n) is 14.9. The third-order valence-electron chi connectivity index (χ3n) is 3.95. The number of aromatic amines is 1. The summed E-state index contributed by atoms with van der Waals surface area (Å²) in [7, 11) is -9.82. The van der Waals surface area contributed by atoms with E-state index in [9.17, 15) is 29.0 Å². The minimum atomic E-state index is -5.41. The van der Waals surface area contributed by atoms with Gasteiger partial charge in [-0.05, 0) is 0 Å². The van der Waals surface area contributed by atoms with Gasteiger partial charge in [0.2, 0.25) is 5.95 Å². The first-order chi connectivity index (χ1) is 13.8. The topological polar surface area (TPSA) is 262 Å². The molecule has 3 rings (SSSR count). The molecule has 0 aliphatic carbocycles. The molecule has 2 aromatic rings. The third-order valence-corrected chi connectivity index (χ3v) is 6.10. The van der Waals surface area contributed by atoms with E-state index >= 15 is 0 Å². The summed E-state index contributed by atoms with van der Waals surface area (Å²) >= 11 is 0.